The number of amides is 1. The second kappa shape index (κ2) is 6.69. The largest absolute Gasteiger partial charge is 0.378 e. The van der Waals surface area contributed by atoms with Gasteiger partial charge in [-0.15, -0.1) is 11.3 Å². The van der Waals surface area contributed by atoms with E-state index < -0.39 is 0 Å². The molecule has 0 aliphatic rings. The maximum absolute atomic E-state index is 11.8. The van der Waals surface area contributed by atoms with E-state index in [1.54, 1.807) is 13.1 Å². The molecule has 2 N–H and O–H groups in total. The number of carbonyl (C=O) groups excluding carboxylic acids is 1. The van der Waals surface area contributed by atoms with Crippen molar-refractivity contribution in [2.24, 2.45) is 0 Å². The molecule has 3 nitrogen and oxygen atoms in total. The lowest BCUT2D eigenvalue weighted by Gasteiger charge is -2.18. The van der Waals surface area contributed by atoms with E-state index in [0.29, 0.717) is 14.2 Å². The number of hydrogen-bond donors (Lipinski definition) is 2. The van der Waals surface area contributed by atoms with Crippen LogP contribution in [0.4, 0.5) is 5.69 Å². The van der Waals surface area contributed by atoms with E-state index in [0.717, 1.165) is 16.8 Å². The quantitative estimate of drug-likeness (QED) is 0.829. The van der Waals surface area contributed by atoms with E-state index in [9.17, 15) is 4.79 Å². The van der Waals surface area contributed by atoms with Crippen molar-refractivity contribution in [1.82, 2.24) is 5.32 Å². The molecule has 21 heavy (non-hydrogen) atoms. The number of hydrogen-bond acceptors (Lipinski definition) is 3. The monoisotopic (exact) mass is 342 g/mol. The van der Waals surface area contributed by atoms with Crippen molar-refractivity contribution in [3.05, 3.63) is 49.6 Å². The molecule has 0 bridgehead atoms. The average Bonchev–Trinajstić information content (AvgIpc) is 2.79. The van der Waals surface area contributed by atoms with Crippen molar-refractivity contribution in [2.75, 3.05) is 12.4 Å². The Kier molecular flexibility index (Phi) is 5.14. The van der Waals surface area contributed by atoms with Gasteiger partial charge in [-0.05, 0) is 37.6 Å². The summed E-state index contributed by atoms with van der Waals surface area (Å²) in [5.74, 6) is -0.0968. The van der Waals surface area contributed by atoms with Gasteiger partial charge < -0.3 is 10.6 Å². The summed E-state index contributed by atoms with van der Waals surface area (Å²) in [4.78, 5) is 11.8. The van der Waals surface area contributed by atoms with Gasteiger partial charge in [0.15, 0.2) is 0 Å². The molecule has 0 saturated carbocycles. The van der Waals surface area contributed by atoms with Gasteiger partial charge in [0.25, 0.3) is 5.91 Å². The molecule has 1 unspecified atom stereocenters. The van der Waals surface area contributed by atoms with Gasteiger partial charge in [-0.1, -0.05) is 29.3 Å². The maximum Gasteiger partial charge on any atom is 0.251 e. The number of rotatable bonds is 4. The van der Waals surface area contributed by atoms with Crippen LogP contribution < -0.4 is 10.6 Å². The van der Waals surface area contributed by atoms with Gasteiger partial charge in [0.1, 0.15) is 0 Å². The highest BCUT2D eigenvalue weighted by Gasteiger charge is 2.16. The molecule has 6 heteroatoms. The summed E-state index contributed by atoms with van der Waals surface area (Å²) in [7, 11) is 1.62. The van der Waals surface area contributed by atoms with Crippen molar-refractivity contribution in [3.63, 3.8) is 0 Å². The van der Waals surface area contributed by atoms with Gasteiger partial charge in [-0.3, -0.25) is 4.79 Å². The Morgan fingerprint density at radius 3 is 2.62 bits per heavy atom. The van der Waals surface area contributed by atoms with Crippen LogP contribution in [-0.2, 0) is 0 Å². The predicted octanol–water partition coefficient (Wildman–Crippen LogP) is 4.90. The van der Waals surface area contributed by atoms with Gasteiger partial charge in [0.2, 0.25) is 0 Å². The highest BCUT2D eigenvalue weighted by molar-refractivity contribution is 7.20. The van der Waals surface area contributed by atoms with E-state index in [-0.39, 0.29) is 11.9 Å². The predicted molar refractivity (Wildman–Crippen MR) is 90.9 cm³/mol. The van der Waals surface area contributed by atoms with E-state index in [1.807, 2.05) is 32.0 Å². The molecule has 1 amide bonds. The van der Waals surface area contributed by atoms with Crippen molar-refractivity contribution in [3.8, 4) is 0 Å². The van der Waals surface area contributed by atoms with Crippen LogP contribution in [-0.4, -0.2) is 13.0 Å². The lowest BCUT2D eigenvalue weighted by Crippen LogP contribution is -2.19. The van der Waals surface area contributed by atoms with Crippen LogP contribution in [0.2, 0.25) is 8.67 Å². The smallest absolute Gasteiger partial charge is 0.251 e. The van der Waals surface area contributed by atoms with Crippen LogP contribution in [0.25, 0.3) is 0 Å². The fraction of sp³-hybridized carbons (Fsp3) is 0.267. The van der Waals surface area contributed by atoms with E-state index >= 15 is 0 Å². The summed E-state index contributed by atoms with van der Waals surface area (Å²) in [5.41, 5.74) is 3.42. The molecule has 1 aromatic heterocycles. The summed E-state index contributed by atoms with van der Waals surface area (Å²) in [6.07, 6.45) is 0. The minimum Gasteiger partial charge on any atom is -0.378 e. The van der Waals surface area contributed by atoms with Crippen LogP contribution in [0.15, 0.2) is 24.3 Å². The Hall–Kier alpha value is -1.23. The Balaban J connectivity index is 2.27. The SMILES string of the molecule is CNC(=O)c1cccc(NC(C)c2cc(Cl)sc2Cl)c1C. The van der Waals surface area contributed by atoms with Crippen LogP contribution in [0, 0.1) is 6.92 Å². The Morgan fingerprint density at radius 1 is 1.33 bits per heavy atom. The lowest BCUT2D eigenvalue weighted by molar-refractivity contribution is 0.0962. The third-order valence-corrected chi connectivity index (χ3v) is 4.85. The molecule has 2 rings (SSSR count). The Bertz CT molecular complexity index is 670. The van der Waals surface area contributed by atoms with Gasteiger partial charge in [-0.25, -0.2) is 0 Å². The van der Waals surface area contributed by atoms with E-state index in [1.165, 1.54) is 11.3 Å². The Labute approximate surface area is 138 Å². The number of benzene rings is 1. The summed E-state index contributed by atoms with van der Waals surface area (Å²) in [6, 6.07) is 7.47. The number of anilines is 1. The van der Waals surface area contributed by atoms with Crippen LogP contribution in [0.3, 0.4) is 0 Å². The minimum absolute atomic E-state index is 0.000104. The van der Waals surface area contributed by atoms with Gasteiger partial charge >= 0.3 is 0 Å². The molecule has 1 aromatic carbocycles. The molecule has 0 aliphatic heterocycles. The fourth-order valence-electron chi connectivity index (χ4n) is 2.13. The zero-order valence-electron chi connectivity index (χ0n) is 12.0. The molecular formula is C15H16Cl2N2OS. The van der Waals surface area contributed by atoms with Crippen LogP contribution >= 0.6 is 34.5 Å². The molecule has 0 fully saturated rings. The molecule has 0 saturated heterocycles. The first-order valence-electron chi connectivity index (χ1n) is 6.47. The molecule has 0 radical (unpaired) electrons. The standard InChI is InChI=1S/C15H16Cl2N2OS/c1-8-10(15(20)18-3)5-4-6-12(8)19-9(2)11-7-13(16)21-14(11)17/h4-7,9,19H,1-3H3,(H,18,20). The molecule has 0 spiro atoms. The average molecular weight is 343 g/mol. The number of nitrogens with one attached hydrogen (secondary N) is 2. The van der Waals surface area contributed by atoms with E-state index in [4.69, 9.17) is 23.2 Å². The van der Waals surface area contributed by atoms with Crippen molar-refractivity contribution >= 4 is 46.1 Å². The highest BCUT2D eigenvalue weighted by atomic mass is 35.5. The lowest BCUT2D eigenvalue weighted by atomic mass is 10.0. The third-order valence-electron chi connectivity index (χ3n) is 3.33. The third kappa shape index (κ3) is 3.51. The molecule has 0 aliphatic carbocycles. The first kappa shape index (κ1) is 16.1. The zero-order chi connectivity index (χ0) is 15.6. The number of carbonyl (C=O) groups is 1. The van der Waals surface area contributed by atoms with E-state index in [2.05, 4.69) is 10.6 Å². The summed E-state index contributed by atoms with van der Waals surface area (Å²) >= 11 is 13.5. The summed E-state index contributed by atoms with van der Waals surface area (Å²) in [6.45, 7) is 3.93. The summed E-state index contributed by atoms with van der Waals surface area (Å²) < 4.78 is 1.35. The van der Waals surface area contributed by atoms with Crippen molar-refractivity contribution < 1.29 is 4.79 Å². The van der Waals surface area contributed by atoms with Crippen LogP contribution in [0.5, 0.6) is 0 Å². The molecule has 2 aromatic rings. The Morgan fingerprint density at radius 2 is 2.05 bits per heavy atom. The maximum atomic E-state index is 11.8. The minimum atomic E-state index is -0.0968. The number of thiophene rings is 1. The van der Waals surface area contributed by atoms with Crippen LogP contribution in [0.1, 0.15) is 34.5 Å². The second-order valence-electron chi connectivity index (χ2n) is 4.70. The first-order chi connectivity index (χ1) is 9.93. The first-order valence-corrected chi connectivity index (χ1v) is 8.04. The highest BCUT2D eigenvalue weighted by Crippen LogP contribution is 2.36. The van der Waals surface area contributed by atoms with Crippen molar-refractivity contribution in [2.45, 2.75) is 19.9 Å². The van der Waals surface area contributed by atoms with Gasteiger partial charge in [0.05, 0.1) is 14.7 Å². The fourth-order valence-corrected chi connectivity index (χ4v) is 3.78. The molecular weight excluding hydrogens is 327 g/mol. The topological polar surface area (TPSA) is 41.1 Å². The number of halogens is 2. The van der Waals surface area contributed by atoms with Crippen molar-refractivity contribution in [1.29, 1.82) is 0 Å². The van der Waals surface area contributed by atoms with Gasteiger partial charge in [-0.2, -0.15) is 0 Å². The summed E-state index contributed by atoms with van der Waals surface area (Å²) in [5, 5.41) is 6.03. The van der Waals surface area contributed by atoms with Gasteiger partial charge in [0, 0.05) is 23.9 Å². The molecule has 1 heterocycles. The molecule has 112 valence electrons. The normalized spacial score (nSPS) is 12.0. The second-order valence-corrected chi connectivity index (χ2v) is 6.99. The molecule has 1 atom stereocenters. The zero-order valence-corrected chi connectivity index (χ0v) is 14.3.